The molecule has 6 heteroatoms. The minimum Gasteiger partial charge on any atom is -0.483 e. The molecule has 316 valence electrons. The van der Waals surface area contributed by atoms with Gasteiger partial charge in [-0.3, -0.25) is 9.59 Å². The average Bonchev–Trinajstić information content (AvgIpc) is 3.63. The molecule has 1 aliphatic rings. The van der Waals surface area contributed by atoms with E-state index in [1.807, 2.05) is 113 Å². The second kappa shape index (κ2) is 17.1. The van der Waals surface area contributed by atoms with Crippen LogP contribution in [0.5, 0.6) is 17.2 Å². The van der Waals surface area contributed by atoms with Gasteiger partial charge in [-0.1, -0.05) is 140 Å². The normalized spacial score (nSPS) is 13.6. The summed E-state index contributed by atoms with van der Waals surface area (Å²) in [7, 11) is 0. The Bertz CT molecular complexity index is 2920. The fourth-order valence-corrected chi connectivity index (χ4v) is 9.12. The van der Waals surface area contributed by atoms with E-state index in [0.29, 0.717) is 38.8 Å². The third kappa shape index (κ3) is 7.93. The van der Waals surface area contributed by atoms with Gasteiger partial charge in [-0.25, -0.2) is 0 Å². The Hall–Kier alpha value is -6.72. The van der Waals surface area contributed by atoms with E-state index in [-0.39, 0.29) is 11.6 Å². The molecule has 0 fully saturated rings. The molecule has 0 spiro atoms. The molecule has 1 aliphatic carbocycles. The maximum atomic E-state index is 13.4. The van der Waals surface area contributed by atoms with E-state index in [0.717, 1.165) is 34.4 Å². The molecule has 0 saturated heterocycles. The van der Waals surface area contributed by atoms with Crippen molar-refractivity contribution in [1.82, 2.24) is 0 Å². The van der Waals surface area contributed by atoms with Crippen LogP contribution in [0, 0.1) is 0 Å². The van der Waals surface area contributed by atoms with Crippen molar-refractivity contribution in [3.63, 3.8) is 0 Å². The molecule has 0 bridgehead atoms. The zero-order chi connectivity index (χ0) is 44.6. The molecule has 8 aromatic rings. The Morgan fingerprint density at radius 1 is 0.484 bits per heavy atom. The molecule has 0 heterocycles. The van der Waals surface area contributed by atoms with E-state index in [9.17, 15) is 9.59 Å². The summed E-state index contributed by atoms with van der Waals surface area (Å²) in [5.74, 6) is 1.92. The molecule has 1 atom stereocenters. The zero-order valence-corrected chi connectivity index (χ0v) is 37.6. The number of fused-ring (bicyclic) bond motifs is 3. The van der Waals surface area contributed by atoms with E-state index in [2.05, 4.69) is 72.8 Å². The summed E-state index contributed by atoms with van der Waals surface area (Å²) in [5.41, 5.74) is 9.99. The van der Waals surface area contributed by atoms with Crippen molar-refractivity contribution in [3.8, 4) is 28.4 Å². The van der Waals surface area contributed by atoms with Gasteiger partial charge >= 0.3 is 0 Å². The van der Waals surface area contributed by atoms with Crippen molar-refractivity contribution in [2.45, 2.75) is 50.0 Å². The van der Waals surface area contributed by atoms with Crippen LogP contribution in [0.25, 0.3) is 11.1 Å². The first-order valence-electron chi connectivity index (χ1n) is 21.5. The van der Waals surface area contributed by atoms with E-state index < -0.39 is 15.9 Å². The van der Waals surface area contributed by atoms with Crippen molar-refractivity contribution in [3.05, 3.63) is 255 Å². The Morgan fingerprint density at radius 3 is 1.31 bits per heavy atom. The Labute approximate surface area is 385 Å². The van der Waals surface area contributed by atoms with Gasteiger partial charge in [0.1, 0.15) is 22.8 Å². The van der Waals surface area contributed by atoms with E-state index in [1.165, 1.54) is 22.3 Å². The van der Waals surface area contributed by atoms with Gasteiger partial charge in [-0.15, -0.1) is 11.6 Å². The molecule has 0 amide bonds. The largest absolute Gasteiger partial charge is 0.483 e. The van der Waals surface area contributed by atoms with E-state index >= 15 is 0 Å². The van der Waals surface area contributed by atoms with Crippen LogP contribution < -0.4 is 9.47 Å². The van der Waals surface area contributed by atoms with Crippen molar-refractivity contribution >= 4 is 34.8 Å². The fraction of sp³-hybridized carbons (Fsp3) is 0.138. The topological polar surface area (TPSA) is 52.6 Å². The summed E-state index contributed by atoms with van der Waals surface area (Å²) >= 11 is 12.7. The highest BCUT2D eigenvalue weighted by Crippen LogP contribution is 2.56. The summed E-state index contributed by atoms with van der Waals surface area (Å²) in [5, 5.41) is 0.591. The number of benzene rings is 8. The molecular weight excluding hydrogens is 832 g/mol. The third-order valence-corrected chi connectivity index (χ3v) is 13.4. The second-order valence-corrected chi connectivity index (χ2v) is 18.3. The number of alkyl halides is 1. The van der Waals surface area contributed by atoms with E-state index in [1.54, 1.807) is 36.4 Å². The van der Waals surface area contributed by atoms with Crippen molar-refractivity contribution in [1.29, 1.82) is 0 Å². The fourth-order valence-electron chi connectivity index (χ4n) is 8.86. The van der Waals surface area contributed by atoms with Gasteiger partial charge in [0.25, 0.3) is 0 Å². The van der Waals surface area contributed by atoms with Crippen LogP contribution in [-0.2, 0) is 15.9 Å². The number of halogens is 2. The van der Waals surface area contributed by atoms with E-state index in [4.69, 9.17) is 32.7 Å². The lowest BCUT2D eigenvalue weighted by Gasteiger charge is -2.34. The molecule has 8 aromatic carbocycles. The third-order valence-electron chi connectivity index (χ3n) is 12.6. The van der Waals surface area contributed by atoms with Gasteiger partial charge in [0.15, 0.2) is 11.6 Å². The molecule has 0 aromatic heterocycles. The monoisotopic (exact) mass is 876 g/mol. The number of carbonyl (C=O) groups excluding carboxylic acids is 2. The first kappa shape index (κ1) is 42.6. The predicted octanol–water partition coefficient (Wildman–Crippen LogP) is 15.1. The minimum absolute atomic E-state index is 0.0592. The molecule has 0 radical (unpaired) electrons. The highest BCUT2D eigenvalue weighted by atomic mass is 35.5. The molecule has 1 unspecified atom stereocenters. The highest BCUT2D eigenvalue weighted by molar-refractivity contribution is 6.30. The van der Waals surface area contributed by atoms with Crippen LogP contribution >= 0.6 is 23.2 Å². The second-order valence-electron chi connectivity index (χ2n) is 17.0. The lowest BCUT2D eigenvalue weighted by Crippen LogP contribution is -2.29. The first-order chi connectivity index (χ1) is 30.9. The van der Waals surface area contributed by atoms with Crippen molar-refractivity contribution in [2.75, 3.05) is 0 Å². The lowest BCUT2D eigenvalue weighted by molar-refractivity contribution is 0.102. The molecular formula is C58H46Cl2O4. The molecule has 0 aliphatic heterocycles. The maximum absolute atomic E-state index is 13.4. The Kier molecular flexibility index (Phi) is 11.4. The van der Waals surface area contributed by atoms with Gasteiger partial charge < -0.3 is 9.47 Å². The van der Waals surface area contributed by atoms with Crippen LogP contribution in [0.15, 0.2) is 194 Å². The van der Waals surface area contributed by atoms with Gasteiger partial charge in [-0.05, 0) is 144 Å². The minimum atomic E-state index is -0.687. The highest BCUT2D eigenvalue weighted by Gasteiger charge is 2.46. The number of ketones is 2. The Balaban J connectivity index is 0.971. The van der Waals surface area contributed by atoms with Crippen LogP contribution in [0.2, 0.25) is 5.02 Å². The molecule has 0 saturated carbocycles. The number of hydrogen-bond acceptors (Lipinski definition) is 4. The summed E-state index contributed by atoms with van der Waals surface area (Å²) in [4.78, 5) is 26.0. The van der Waals surface area contributed by atoms with Crippen molar-refractivity contribution < 1.29 is 19.1 Å². The SMILES string of the molecule is CCC(C)(Cl)c1ccc(C(=O)c2ccc(Oc3ccc(C4(c5ccc(OC(C)(C)c6ccc(C(=O)c7ccc(Cl)cc7)cc6)cc5)c5ccccc5-c5ccccc54)cc3)cc2)cc1. The van der Waals surface area contributed by atoms with Gasteiger partial charge in [0.05, 0.1) is 10.3 Å². The van der Waals surface area contributed by atoms with Crippen LogP contribution in [0.3, 0.4) is 0 Å². The molecule has 0 N–H and O–H groups in total. The standard InChI is InChI=1S/C58H46Cl2O4/c1-5-57(4,60)43-24-16-39(17-25-43)55(62)41-20-32-47(33-21-41)63-48-34-26-44(27-35-48)58(52-12-8-6-10-50(52)51-11-7-9-13-53(51)58)45-28-36-49(37-29-45)64-56(2,3)42-22-14-38(15-23-42)54(61)40-18-30-46(59)31-19-40/h6-37H,5H2,1-4H3. The molecule has 4 nitrogen and oxygen atoms in total. The Morgan fingerprint density at radius 2 is 0.859 bits per heavy atom. The zero-order valence-electron chi connectivity index (χ0n) is 36.1. The molecule has 64 heavy (non-hydrogen) atoms. The molecule has 9 rings (SSSR count). The quantitative estimate of drug-likeness (QED) is 0.0855. The van der Waals surface area contributed by atoms with Crippen LogP contribution in [0.1, 0.15) is 99.3 Å². The average molecular weight is 878 g/mol. The predicted molar refractivity (Wildman–Crippen MR) is 259 cm³/mol. The van der Waals surface area contributed by atoms with Gasteiger partial charge in [0, 0.05) is 27.3 Å². The number of rotatable bonds is 13. The number of ether oxygens (including phenoxy) is 2. The smallest absolute Gasteiger partial charge is 0.193 e. The van der Waals surface area contributed by atoms with Crippen molar-refractivity contribution in [2.24, 2.45) is 0 Å². The summed E-state index contributed by atoms with van der Waals surface area (Å²) < 4.78 is 13.0. The first-order valence-corrected chi connectivity index (χ1v) is 22.3. The number of hydrogen-bond donors (Lipinski definition) is 0. The summed E-state index contributed by atoms with van der Waals surface area (Å²) in [6, 6.07) is 63.3. The summed E-state index contributed by atoms with van der Waals surface area (Å²) in [6.45, 7) is 8.10. The van der Waals surface area contributed by atoms with Crippen LogP contribution in [-0.4, -0.2) is 11.6 Å². The van der Waals surface area contributed by atoms with Crippen LogP contribution in [0.4, 0.5) is 0 Å². The van der Waals surface area contributed by atoms with Gasteiger partial charge in [-0.2, -0.15) is 0 Å². The maximum Gasteiger partial charge on any atom is 0.193 e. The number of carbonyl (C=O) groups is 2. The lowest BCUT2D eigenvalue weighted by atomic mass is 9.68. The van der Waals surface area contributed by atoms with Gasteiger partial charge in [0.2, 0.25) is 0 Å². The summed E-state index contributed by atoms with van der Waals surface area (Å²) in [6.07, 6.45) is 0.787.